The van der Waals surface area contributed by atoms with E-state index in [2.05, 4.69) is 5.32 Å². The Hall–Kier alpha value is -0.440. The van der Waals surface area contributed by atoms with Crippen molar-refractivity contribution >= 4 is 28.9 Å². The minimum Gasteiger partial charge on any atom is -0.384 e. The Kier molecular flexibility index (Phi) is 5.84. The minimum absolute atomic E-state index is 0.575. The number of halogens is 2. The van der Waals surface area contributed by atoms with Crippen LogP contribution in [0.4, 0.5) is 5.69 Å². The van der Waals surface area contributed by atoms with E-state index in [0.717, 1.165) is 31.9 Å². The molecule has 0 unspecified atom stereocenters. The zero-order valence-electron chi connectivity index (χ0n) is 8.72. The molecule has 2 nitrogen and oxygen atoms in total. The van der Waals surface area contributed by atoms with Crippen LogP contribution in [0.1, 0.15) is 13.3 Å². The molecule has 0 saturated carbocycles. The quantitative estimate of drug-likeness (QED) is 0.772. The van der Waals surface area contributed by atoms with Gasteiger partial charge in [0.05, 0.1) is 15.7 Å². The predicted molar refractivity (Wildman–Crippen MR) is 66.1 cm³/mol. The van der Waals surface area contributed by atoms with Crippen LogP contribution in [0.15, 0.2) is 18.2 Å². The number of hydrogen-bond donors (Lipinski definition) is 1. The summed E-state index contributed by atoms with van der Waals surface area (Å²) in [6.45, 7) is 4.35. The van der Waals surface area contributed by atoms with E-state index >= 15 is 0 Å². The molecule has 0 aliphatic carbocycles. The summed E-state index contributed by atoms with van der Waals surface area (Å²) in [6, 6.07) is 5.56. The summed E-state index contributed by atoms with van der Waals surface area (Å²) in [5.74, 6) is 0. The topological polar surface area (TPSA) is 21.3 Å². The summed E-state index contributed by atoms with van der Waals surface area (Å²) in [5.41, 5.74) is 0.876. The highest BCUT2D eigenvalue weighted by molar-refractivity contribution is 6.43. The Morgan fingerprint density at radius 3 is 2.87 bits per heavy atom. The largest absolute Gasteiger partial charge is 0.384 e. The van der Waals surface area contributed by atoms with E-state index in [9.17, 15) is 0 Å². The van der Waals surface area contributed by atoms with Crippen LogP contribution < -0.4 is 5.32 Å². The number of hydrogen-bond acceptors (Lipinski definition) is 2. The van der Waals surface area contributed by atoms with Gasteiger partial charge in [0.1, 0.15) is 0 Å². The van der Waals surface area contributed by atoms with E-state index in [0.29, 0.717) is 10.0 Å². The van der Waals surface area contributed by atoms with Crippen LogP contribution in [-0.4, -0.2) is 19.8 Å². The van der Waals surface area contributed by atoms with Crippen LogP contribution >= 0.6 is 23.2 Å². The predicted octanol–water partition coefficient (Wildman–Crippen LogP) is 3.83. The summed E-state index contributed by atoms with van der Waals surface area (Å²) in [6.07, 6.45) is 0.955. The summed E-state index contributed by atoms with van der Waals surface area (Å²) in [4.78, 5) is 0. The van der Waals surface area contributed by atoms with Gasteiger partial charge in [-0.1, -0.05) is 29.3 Å². The van der Waals surface area contributed by atoms with E-state index in [1.165, 1.54) is 0 Å². The Balaban J connectivity index is 2.34. The number of benzene rings is 1. The van der Waals surface area contributed by atoms with Crippen molar-refractivity contribution in [2.75, 3.05) is 25.1 Å². The second-order valence-electron chi connectivity index (χ2n) is 3.08. The molecule has 0 fully saturated rings. The molecule has 1 aromatic carbocycles. The Labute approximate surface area is 101 Å². The maximum Gasteiger partial charge on any atom is 0.0823 e. The fourth-order valence-corrected chi connectivity index (χ4v) is 1.55. The highest BCUT2D eigenvalue weighted by atomic mass is 35.5. The first-order valence-corrected chi connectivity index (χ1v) is 5.77. The number of anilines is 1. The molecule has 0 aliphatic heterocycles. The second-order valence-corrected chi connectivity index (χ2v) is 3.86. The lowest BCUT2D eigenvalue weighted by atomic mass is 10.3. The van der Waals surface area contributed by atoms with E-state index < -0.39 is 0 Å². The van der Waals surface area contributed by atoms with Crippen molar-refractivity contribution in [2.24, 2.45) is 0 Å². The summed E-state index contributed by atoms with van der Waals surface area (Å²) < 4.78 is 5.23. The van der Waals surface area contributed by atoms with Gasteiger partial charge in [-0.15, -0.1) is 0 Å². The molecule has 0 spiro atoms. The molecule has 84 valence electrons. The molecule has 0 amide bonds. The lowest BCUT2D eigenvalue weighted by Gasteiger charge is -2.08. The molecule has 0 heterocycles. The van der Waals surface area contributed by atoms with Crippen LogP contribution in [0.25, 0.3) is 0 Å². The van der Waals surface area contributed by atoms with Gasteiger partial charge in [-0.05, 0) is 25.5 Å². The Morgan fingerprint density at radius 2 is 2.13 bits per heavy atom. The van der Waals surface area contributed by atoms with Crippen molar-refractivity contribution in [1.29, 1.82) is 0 Å². The fourth-order valence-electron chi connectivity index (χ4n) is 1.18. The van der Waals surface area contributed by atoms with Crippen molar-refractivity contribution < 1.29 is 4.74 Å². The summed E-state index contributed by atoms with van der Waals surface area (Å²) in [5, 5.41) is 4.37. The normalized spacial score (nSPS) is 10.3. The standard InChI is InChI=1S/C11H15Cl2NO/c1-2-15-8-4-7-14-10-6-3-5-9(12)11(10)13/h3,5-6,14H,2,4,7-8H2,1H3. The smallest absolute Gasteiger partial charge is 0.0823 e. The number of nitrogens with one attached hydrogen (secondary N) is 1. The number of rotatable bonds is 6. The van der Waals surface area contributed by atoms with Crippen LogP contribution in [0, 0.1) is 0 Å². The van der Waals surface area contributed by atoms with E-state index in [4.69, 9.17) is 27.9 Å². The van der Waals surface area contributed by atoms with Crippen LogP contribution in [0.2, 0.25) is 10.0 Å². The van der Waals surface area contributed by atoms with E-state index in [-0.39, 0.29) is 0 Å². The molecule has 0 bridgehead atoms. The fraction of sp³-hybridized carbons (Fsp3) is 0.455. The molecule has 1 N–H and O–H groups in total. The summed E-state index contributed by atoms with van der Waals surface area (Å²) >= 11 is 11.9. The van der Waals surface area contributed by atoms with Crippen molar-refractivity contribution in [3.63, 3.8) is 0 Å². The molecule has 15 heavy (non-hydrogen) atoms. The van der Waals surface area contributed by atoms with Gasteiger partial charge < -0.3 is 10.1 Å². The molecule has 1 aromatic rings. The van der Waals surface area contributed by atoms with Gasteiger partial charge in [0, 0.05) is 19.8 Å². The van der Waals surface area contributed by atoms with Gasteiger partial charge in [-0.25, -0.2) is 0 Å². The van der Waals surface area contributed by atoms with E-state index in [1.54, 1.807) is 6.07 Å². The molecule has 0 saturated heterocycles. The Morgan fingerprint density at radius 1 is 1.33 bits per heavy atom. The highest BCUT2D eigenvalue weighted by Gasteiger charge is 2.02. The van der Waals surface area contributed by atoms with Crippen LogP contribution in [0.5, 0.6) is 0 Å². The highest BCUT2D eigenvalue weighted by Crippen LogP contribution is 2.29. The molecular weight excluding hydrogens is 233 g/mol. The zero-order chi connectivity index (χ0) is 11.1. The van der Waals surface area contributed by atoms with Crippen LogP contribution in [-0.2, 0) is 4.74 Å². The van der Waals surface area contributed by atoms with Gasteiger partial charge in [-0.3, -0.25) is 0 Å². The molecule has 0 aromatic heterocycles. The first kappa shape index (κ1) is 12.6. The minimum atomic E-state index is 0.575. The molecular formula is C11H15Cl2NO. The molecule has 0 radical (unpaired) electrons. The molecule has 1 rings (SSSR count). The average Bonchev–Trinajstić information content (AvgIpc) is 2.24. The average molecular weight is 248 g/mol. The SMILES string of the molecule is CCOCCCNc1cccc(Cl)c1Cl. The second kappa shape index (κ2) is 6.94. The lowest BCUT2D eigenvalue weighted by Crippen LogP contribution is -2.05. The first-order valence-electron chi connectivity index (χ1n) is 5.01. The third-order valence-electron chi connectivity index (χ3n) is 1.94. The summed E-state index contributed by atoms with van der Waals surface area (Å²) in [7, 11) is 0. The Bertz CT molecular complexity index is 305. The third kappa shape index (κ3) is 4.29. The van der Waals surface area contributed by atoms with E-state index in [1.807, 2.05) is 19.1 Å². The maximum absolute atomic E-state index is 6.01. The van der Waals surface area contributed by atoms with Gasteiger partial charge in [0.25, 0.3) is 0 Å². The van der Waals surface area contributed by atoms with Crippen molar-refractivity contribution in [1.82, 2.24) is 0 Å². The molecule has 0 aliphatic rings. The zero-order valence-corrected chi connectivity index (χ0v) is 10.2. The number of ether oxygens (including phenoxy) is 1. The maximum atomic E-state index is 6.01. The van der Waals surface area contributed by atoms with Crippen molar-refractivity contribution in [3.8, 4) is 0 Å². The lowest BCUT2D eigenvalue weighted by molar-refractivity contribution is 0.147. The molecule has 4 heteroatoms. The van der Waals surface area contributed by atoms with Crippen molar-refractivity contribution in [3.05, 3.63) is 28.2 Å². The van der Waals surface area contributed by atoms with Crippen molar-refractivity contribution in [2.45, 2.75) is 13.3 Å². The van der Waals surface area contributed by atoms with Gasteiger partial charge >= 0.3 is 0 Å². The van der Waals surface area contributed by atoms with Gasteiger partial charge in [0.15, 0.2) is 0 Å². The molecule has 0 atom stereocenters. The van der Waals surface area contributed by atoms with Crippen LogP contribution in [0.3, 0.4) is 0 Å². The first-order chi connectivity index (χ1) is 7.25. The monoisotopic (exact) mass is 247 g/mol. The van der Waals surface area contributed by atoms with Gasteiger partial charge in [-0.2, -0.15) is 0 Å². The van der Waals surface area contributed by atoms with Gasteiger partial charge in [0.2, 0.25) is 0 Å². The third-order valence-corrected chi connectivity index (χ3v) is 2.76.